The summed E-state index contributed by atoms with van der Waals surface area (Å²) >= 11 is 0. The Morgan fingerprint density at radius 3 is 2.41 bits per heavy atom. The molecular formula is C21H23N3O4S. The smallest absolute Gasteiger partial charge is 0.243 e. The van der Waals surface area contributed by atoms with Crippen LogP contribution in [0.3, 0.4) is 0 Å². The van der Waals surface area contributed by atoms with Crippen molar-refractivity contribution >= 4 is 21.6 Å². The molecule has 1 aliphatic rings. The summed E-state index contributed by atoms with van der Waals surface area (Å²) in [5, 5.41) is 11.9. The summed E-state index contributed by atoms with van der Waals surface area (Å²) in [6.45, 7) is 1.43. The van der Waals surface area contributed by atoms with Crippen molar-refractivity contribution in [2.24, 2.45) is 0 Å². The number of anilines is 1. The van der Waals surface area contributed by atoms with Crippen molar-refractivity contribution in [1.82, 2.24) is 4.31 Å². The third-order valence-corrected chi connectivity index (χ3v) is 6.93. The van der Waals surface area contributed by atoms with Crippen LogP contribution in [0, 0.1) is 18.3 Å². The predicted octanol–water partition coefficient (Wildman–Crippen LogP) is 2.82. The molecule has 1 saturated carbocycles. The summed E-state index contributed by atoms with van der Waals surface area (Å²) in [6.07, 6.45) is 1.70. The lowest BCUT2D eigenvalue weighted by Gasteiger charge is -2.18. The highest BCUT2D eigenvalue weighted by atomic mass is 32.2. The van der Waals surface area contributed by atoms with Gasteiger partial charge in [0.15, 0.2) is 0 Å². The topological polar surface area (TPSA) is 99.5 Å². The van der Waals surface area contributed by atoms with Crippen molar-refractivity contribution in [3.8, 4) is 11.8 Å². The van der Waals surface area contributed by atoms with Gasteiger partial charge in [0.05, 0.1) is 30.0 Å². The fourth-order valence-electron chi connectivity index (χ4n) is 3.14. The summed E-state index contributed by atoms with van der Waals surface area (Å²) in [7, 11) is -0.934. The highest BCUT2D eigenvalue weighted by Crippen LogP contribution is 2.47. The Hall–Kier alpha value is -2.89. The Morgan fingerprint density at radius 1 is 1.24 bits per heavy atom. The fourth-order valence-corrected chi connectivity index (χ4v) is 4.35. The van der Waals surface area contributed by atoms with E-state index >= 15 is 0 Å². The SMILES string of the molecule is COc1ccc(S(=O)(=O)N(C)CC(=O)Nc2ccc(C3(C#N)CC3)cc2)cc1C. The maximum absolute atomic E-state index is 12.7. The second-order valence-corrected chi connectivity index (χ2v) is 9.26. The molecule has 7 nitrogen and oxygen atoms in total. The van der Waals surface area contributed by atoms with Crippen LogP contribution >= 0.6 is 0 Å². The van der Waals surface area contributed by atoms with Crippen molar-refractivity contribution in [1.29, 1.82) is 5.26 Å². The van der Waals surface area contributed by atoms with E-state index in [0.29, 0.717) is 17.0 Å². The number of nitriles is 1. The molecule has 29 heavy (non-hydrogen) atoms. The molecule has 2 aromatic rings. The lowest BCUT2D eigenvalue weighted by Crippen LogP contribution is -2.35. The summed E-state index contributed by atoms with van der Waals surface area (Å²) in [5.74, 6) is 0.146. The number of likely N-dealkylation sites (N-methyl/N-ethyl adjacent to an activating group) is 1. The maximum atomic E-state index is 12.7. The van der Waals surface area contributed by atoms with E-state index < -0.39 is 15.9 Å². The first-order valence-corrected chi connectivity index (χ1v) is 10.6. The third-order valence-electron chi connectivity index (χ3n) is 5.13. The Bertz CT molecular complexity index is 1070. The number of carbonyl (C=O) groups excluding carboxylic acids is 1. The molecule has 1 N–H and O–H groups in total. The number of hydrogen-bond donors (Lipinski definition) is 1. The van der Waals surface area contributed by atoms with Gasteiger partial charge < -0.3 is 10.1 Å². The Labute approximate surface area is 171 Å². The lowest BCUT2D eigenvalue weighted by molar-refractivity contribution is -0.116. The number of carbonyl (C=O) groups is 1. The summed E-state index contributed by atoms with van der Waals surface area (Å²) in [5.41, 5.74) is 1.80. The fraction of sp³-hybridized carbons (Fsp3) is 0.333. The van der Waals surface area contributed by atoms with Gasteiger partial charge in [-0.05, 0) is 61.2 Å². The summed E-state index contributed by atoms with van der Waals surface area (Å²) < 4.78 is 31.6. The van der Waals surface area contributed by atoms with Gasteiger partial charge >= 0.3 is 0 Å². The summed E-state index contributed by atoms with van der Waals surface area (Å²) in [4.78, 5) is 12.4. The molecule has 0 spiro atoms. The molecule has 0 aromatic heterocycles. The van der Waals surface area contributed by atoms with Crippen LogP contribution in [0.5, 0.6) is 5.75 Å². The Kier molecular flexibility index (Phi) is 5.64. The van der Waals surface area contributed by atoms with E-state index in [1.807, 2.05) is 12.1 Å². The van der Waals surface area contributed by atoms with E-state index in [2.05, 4.69) is 11.4 Å². The normalized spacial score (nSPS) is 14.9. The van der Waals surface area contributed by atoms with Crippen LogP contribution in [0.25, 0.3) is 0 Å². The van der Waals surface area contributed by atoms with Gasteiger partial charge in [-0.15, -0.1) is 0 Å². The third kappa shape index (κ3) is 4.26. The van der Waals surface area contributed by atoms with Crippen molar-refractivity contribution in [3.63, 3.8) is 0 Å². The molecule has 1 fully saturated rings. The average Bonchev–Trinajstić information content (AvgIpc) is 3.49. The minimum atomic E-state index is -3.81. The number of rotatable bonds is 7. The molecule has 0 heterocycles. The largest absolute Gasteiger partial charge is 0.496 e. The second-order valence-electron chi connectivity index (χ2n) is 7.21. The zero-order chi connectivity index (χ0) is 21.2. The second kappa shape index (κ2) is 7.85. The molecule has 1 aliphatic carbocycles. The number of sulfonamides is 1. The molecule has 0 aliphatic heterocycles. The predicted molar refractivity (Wildman–Crippen MR) is 109 cm³/mol. The van der Waals surface area contributed by atoms with Crippen LogP contribution in [0.1, 0.15) is 24.0 Å². The Balaban J connectivity index is 1.65. The van der Waals surface area contributed by atoms with Crippen LogP contribution in [0.2, 0.25) is 0 Å². The molecule has 2 aromatic carbocycles. The number of amides is 1. The molecule has 0 unspecified atom stereocenters. The van der Waals surface area contributed by atoms with Crippen LogP contribution in [0.4, 0.5) is 5.69 Å². The van der Waals surface area contributed by atoms with Crippen molar-refractivity contribution < 1.29 is 17.9 Å². The molecule has 152 valence electrons. The van der Waals surface area contributed by atoms with Crippen molar-refractivity contribution in [2.45, 2.75) is 30.1 Å². The maximum Gasteiger partial charge on any atom is 0.243 e. The van der Waals surface area contributed by atoms with Crippen LogP contribution in [0.15, 0.2) is 47.4 Å². The highest BCUT2D eigenvalue weighted by molar-refractivity contribution is 7.89. The van der Waals surface area contributed by atoms with Crippen LogP contribution in [-0.2, 0) is 20.2 Å². The number of nitrogens with zero attached hydrogens (tertiary/aromatic N) is 2. The van der Waals surface area contributed by atoms with Gasteiger partial charge in [0.25, 0.3) is 0 Å². The number of methoxy groups -OCH3 is 1. The first-order chi connectivity index (χ1) is 13.7. The molecule has 0 radical (unpaired) electrons. The van der Waals surface area contributed by atoms with Gasteiger partial charge in [-0.3, -0.25) is 4.79 Å². The first-order valence-electron chi connectivity index (χ1n) is 9.14. The molecule has 1 amide bonds. The van der Waals surface area contributed by atoms with Gasteiger partial charge in [-0.25, -0.2) is 8.42 Å². The molecule has 8 heteroatoms. The van der Waals surface area contributed by atoms with Crippen LogP contribution in [-0.4, -0.2) is 39.3 Å². The number of nitrogens with one attached hydrogen (secondary N) is 1. The molecule has 3 rings (SSSR count). The van der Waals surface area contributed by atoms with E-state index in [9.17, 15) is 18.5 Å². The molecular weight excluding hydrogens is 390 g/mol. The van der Waals surface area contributed by atoms with Gasteiger partial charge in [-0.2, -0.15) is 9.57 Å². The average molecular weight is 413 g/mol. The Morgan fingerprint density at radius 2 is 1.90 bits per heavy atom. The number of aryl methyl sites for hydroxylation is 1. The minimum Gasteiger partial charge on any atom is -0.496 e. The van der Waals surface area contributed by atoms with Gasteiger partial charge in [0.1, 0.15) is 5.75 Å². The number of benzene rings is 2. The molecule has 0 bridgehead atoms. The van der Waals surface area contributed by atoms with Crippen molar-refractivity contribution in [3.05, 3.63) is 53.6 Å². The van der Waals surface area contributed by atoms with Gasteiger partial charge in [0.2, 0.25) is 15.9 Å². The quantitative estimate of drug-likeness (QED) is 0.752. The number of hydrogen-bond acceptors (Lipinski definition) is 5. The van der Waals surface area contributed by atoms with Gasteiger partial charge in [0, 0.05) is 12.7 Å². The van der Waals surface area contributed by atoms with E-state index in [1.54, 1.807) is 25.1 Å². The van der Waals surface area contributed by atoms with Gasteiger partial charge in [-0.1, -0.05) is 12.1 Å². The number of ether oxygens (including phenoxy) is 1. The molecule has 0 atom stereocenters. The minimum absolute atomic E-state index is 0.0988. The van der Waals surface area contributed by atoms with E-state index in [4.69, 9.17) is 4.74 Å². The zero-order valence-corrected chi connectivity index (χ0v) is 17.4. The first kappa shape index (κ1) is 20.8. The van der Waals surface area contributed by atoms with Crippen molar-refractivity contribution in [2.75, 3.05) is 26.0 Å². The van der Waals surface area contributed by atoms with E-state index in [1.165, 1.54) is 26.3 Å². The monoisotopic (exact) mass is 413 g/mol. The van der Waals surface area contributed by atoms with Crippen LogP contribution < -0.4 is 10.1 Å². The summed E-state index contributed by atoms with van der Waals surface area (Å²) in [6, 6.07) is 14.0. The van der Waals surface area contributed by atoms with E-state index in [-0.39, 0.29) is 16.9 Å². The zero-order valence-electron chi connectivity index (χ0n) is 16.6. The lowest BCUT2D eigenvalue weighted by atomic mass is 9.98. The standard InChI is InChI=1S/C21H23N3O4S/c1-15-12-18(8-9-19(15)28-3)29(26,27)24(2)13-20(25)23-17-6-4-16(5-7-17)21(14-22)10-11-21/h4-9,12H,10-11,13H2,1-3H3,(H,23,25). The molecule has 0 saturated heterocycles. The highest BCUT2D eigenvalue weighted by Gasteiger charge is 2.44. The van der Waals surface area contributed by atoms with E-state index in [0.717, 1.165) is 22.7 Å².